The number of nitrogens with zero attached hydrogens (tertiary/aromatic N) is 1. The zero-order valence-corrected chi connectivity index (χ0v) is 9.04. The summed E-state index contributed by atoms with van der Waals surface area (Å²) in [4.78, 5) is 15.3. The number of rotatable bonds is 7. The lowest BCUT2D eigenvalue weighted by Gasteiger charge is -2.14. The number of esters is 1. The summed E-state index contributed by atoms with van der Waals surface area (Å²) < 4.78 is 9.71. The second-order valence-electron chi connectivity index (χ2n) is 3.22. The summed E-state index contributed by atoms with van der Waals surface area (Å²) in [6.45, 7) is 4.87. The Bertz CT molecular complexity index is 184. The van der Waals surface area contributed by atoms with Crippen LogP contribution in [0.1, 0.15) is 20.8 Å². The molecular formula is C8H17NO6. The topological polar surface area (TPSA) is 88.5 Å². The van der Waals surface area contributed by atoms with Crippen molar-refractivity contribution in [3.05, 3.63) is 0 Å². The van der Waals surface area contributed by atoms with E-state index in [1.165, 1.54) is 0 Å². The summed E-state index contributed by atoms with van der Waals surface area (Å²) in [6.07, 6.45) is -0.757. The van der Waals surface area contributed by atoms with Crippen molar-refractivity contribution in [1.29, 1.82) is 0 Å². The molecule has 7 heteroatoms. The molecule has 0 bridgehead atoms. The summed E-state index contributed by atoms with van der Waals surface area (Å²) in [5, 5.41) is 16.1. The maximum Gasteiger partial charge on any atom is 0.332 e. The first-order chi connectivity index (χ1) is 6.91. The average molecular weight is 223 g/mol. The van der Waals surface area contributed by atoms with Gasteiger partial charge in [-0.25, -0.2) is 9.63 Å². The minimum atomic E-state index is -0.577. The van der Waals surface area contributed by atoms with Gasteiger partial charge in [0.2, 0.25) is 0 Å². The third-order valence-electron chi connectivity index (χ3n) is 1.21. The van der Waals surface area contributed by atoms with E-state index in [9.17, 15) is 4.79 Å². The molecule has 0 saturated heterocycles. The predicted octanol–water partition coefficient (Wildman–Crippen LogP) is 0.355. The molecule has 0 heterocycles. The van der Waals surface area contributed by atoms with Crippen LogP contribution in [0.2, 0.25) is 0 Å². The molecule has 15 heavy (non-hydrogen) atoms. The molecule has 0 radical (unpaired) electrons. The normalized spacial score (nSPS) is 13.3. The van der Waals surface area contributed by atoms with E-state index in [0.717, 1.165) is 0 Å². The monoisotopic (exact) mass is 223 g/mol. The van der Waals surface area contributed by atoms with E-state index < -0.39 is 17.5 Å². The van der Waals surface area contributed by atoms with E-state index in [4.69, 9.17) is 19.9 Å². The molecule has 0 aromatic carbocycles. The fraction of sp³-hybridized carbons (Fsp3) is 0.875. The van der Waals surface area contributed by atoms with Gasteiger partial charge in [-0.3, -0.25) is 10.4 Å². The number of carbonyl (C=O) groups is 1. The first-order valence-electron chi connectivity index (χ1n) is 4.53. The molecule has 0 spiro atoms. The van der Waals surface area contributed by atoms with Gasteiger partial charge in [-0.2, -0.15) is 0 Å². The Kier molecular flexibility index (Phi) is 7.18. The van der Waals surface area contributed by atoms with Gasteiger partial charge in [0.05, 0.1) is 18.1 Å². The molecule has 2 N–H and O–H groups in total. The van der Waals surface area contributed by atoms with E-state index in [1.807, 2.05) is 0 Å². The Hall–Kier alpha value is -0.730. The summed E-state index contributed by atoms with van der Waals surface area (Å²) in [7, 11) is 0. The number of ether oxygens (including phenoxy) is 2. The van der Waals surface area contributed by atoms with Crippen LogP contribution in [-0.2, 0) is 19.1 Å². The van der Waals surface area contributed by atoms with Crippen LogP contribution in [0.5, 0.6) is 0 Å². The van der Waals surface area contributed by atoms with Gasteiger partial charge < -0.3 is 9.47 Å². The molecule has 0 aromatic rings. The third-order valence-corrected chi connectivity index (χ3v) is 1.21. The van der Waals surface area contributed by atoms with Crippen LogP contribution in [0.3, 0.4) is 0 Å². The van der Waals surface area contributed by atoms with Crippen molar-refractivity contribution in [3.8, 4) is 0 Å². The molecule has 0 aliphatic rings. The van der Waals surface area contributed by atoms with Crippen molar-refractivity contribution in [2.45, 2.75) is 33.0 Å². The first kappa shape index (κ1) is 14.3. The van der Waals surface area contributed by atoms with Crippen LogP contribution in [0.25, 0.3) is 0 Å². The fourth-order valence-corrected chi connectivity index (χ4v) is 0.797. The summed E-state index contributed by atoms with van der Waals surface area (Å²) >= 11 is 0. The van der Waals surface area contributed by atoms with Gasteiger partial charge in [0.25, 0.3) is 0 Å². The molecule has 1 unspecified atom stereocenters. The number of hydrogen-bond acceptors (Lipinski definition) is 7. The van der Waals surface area contributed by atoms with Gasteiger partial charge in [0.1, 0.15) is 12.7 Å². The molecule has 7 nitrogen and oxygen atoms in total. The van der Waals surface area contributed by atoms with Crippen molar-refractivity contribution in [2.75, 3.05) is 13.2 Å². The smallest absolute Gasteiger partial charge is 0.332 e. The van der Waals surface area contributed by atoms with Crippen molar-refractivity contribution < 1.29 is 29.5 Å². The van der Waals surface area contributed by atoms with E-state index in [2.05, 4.69) is 4.84 Å². The lowest BCUT2D eigenvalue weighted by Crippen LogP contribution is -2.27. The number of carbonyl (C=O) groups excluding carboxylic acids is 1. The van der Waals surface area contributed by atoms with Gasteiger partial charge in [-0.15, -0.1) is 0 Å². The van der Waals surface area contributed by atoms with E-state index in [1.54, 1.807) is 20.8 Å². The van der Waals surface area contributed by atoms with Crippen molar-refractivity contribution in [2.24, 2.45) is 0 Å². The van der Waals surface area contributed by atoms with Gasteiger partial charge in [0, 0.05) is 0 Å². The quantitative estimate of drug-likeness (QED) is 0.475. The van der Waals surface area contributed by atoms with E-state index in [0.29, 0.717) is 0 Å². The lowest BCUT2D eigenvalue weighted by molar-refractivity contribution is -0.504. The van der Waals surface area contributed by atoms with Crippen LogP contribution in [0.4, 0.5) is 0 Å². The zero-order valence-electron chi connectivity index (χ0n) is 9.04. The molecular weight excluding hydrogens is 206 g/mol. The molecule has 90 valence electrons. The minimum absolute atomic E-state index is 0.0464. The predicted molar refractivity (Wildman–Crippen MR) is 48.0 cm³/mol. The van der Waals surface area contributed by atoms with Gasteiger partial charge in [-0.1, -0.05) is 0 Å². The van der Waals surface area contributed by atoms with Crippen LogP contribution in [0, 0.1) is 0 Å². The Balaban J connectivity index is 3.48. The van der Waals surface area contributed by atoms with Gasteiger partial charge >= 0.3 is 5.97 Å². The van der Waals surface area contributed by atoms with Gasteiger partial charge in [0.15, 0.2) is 0 Å². The average Bonchev–Trinajstić information content (AvgIpc) is 2.00. The highest BCUT2D eigenvalue weighted by Crippen LogP contribution is 1.95. The standard InChI is InChI=1S/C8H17NO6/c1-6(2)14-8(10)5-13-4-7(3)15-9(11)12/h6-7,11-12H,4-5H2,1-3H3. The van der Waals surface area contributed by atoms with Crippen LogP contribution < -0.4 is 0 Å². The largest absolute Gasteiger partial charge is 0.461 e. The minimum Gasteiger partial charge on any atom is -0.461 e. The first-order valence-corrected chi connectivity index (χ1v) is 4.53. The van der Waals surface area contributed by atoms with Crippen molar-refractivity contribution in [3.63, 3.8) is 0 Å². The molecule has 0 aliphatic heterocycles. The highest BCUT2D eigenvalue weighted by Gasteiger charge is 2.09. The molecule has 0 rings (SSSR count). The second kappa shape index (κ2) is 7.55. The molecule has 0 fully saturated rings. The summed E-state index contributed by atoms with van der Waals surface area (Å²) in [5.74, 6) is -0.470. The highest BCUT2D eigenvalue weighted by molar-refractivity contribution is 5.70. The van der Waals surface area contributed by atoms with E-state index in [-0.39, 0.29) is 19.3 Å². The Labute approximate surface area is 88.0 Å². The molecule has 0 aromatic heterocycles. The van der Waals surface area contributed by atoms with E-state index >= 15 is 0 Å². The van der Waals surface area contributed by atoms with Gasteiger partial charge in [-0.05, 0) is 20.8 Å². The Morgan fingerprint density at radius 3 is 2.40 bits per heavy atom. The molecule has 0 saturated carbocycles. The second-order valence-corrected chi connectivity index (χ2v) is 3.22. The fourth-order valence-electron chi connectivity index (χ4n) is 0.797. The lowest BCUT2D eigenvalue weighted by atomic mass is 10.4. The number of hydrogen-bond donors (Lipinski definition) is 2. The zero-order chi connectivity index (χ0) is 11.8. The van der Waals surface area contributed by atoms with Crippen molar-refractivity contribution in [1.82, 2.24) is 5.39 Å². The van der Waals surface area contributed by atoms with Crippen molar-refractivity contribution >= 4 is 5.97 Å². The summed E-state index contributed by atoms with van der Waals surface area (Å²) in [5.41, 5.74) is 0. The third kappa shape index (κ3) is 9.57. The van der Waals surface area contributed by atoms with Crippen LogP contribution in [0.15, 0.2) is 0 Å². The Morgan fingerprint density at radius 1 is 1.33 bits per heavy atom. The molecule has 0 amide bonds. The Morgan fingerprint density at radius 2 is 1.93 bits per heavy atom. The summed E-state index contributed by atoms with van der Waals surface area (Å²) in [6, 6.07) is 0. The SMILES string of the molecule is CC(C)OC(=O)COCC(C)ON(O)O. The maximum absolute atomic E-state index is 11.0. The maximum atomic E-state index is 11.0. The van der Waals surface area contributed by atoms with Crippen LogP contribution in [-0.4, -0.2) is 47.2 Å². The molecule has 1 atom stereocenters. The van der Waals surface area contributed by atoms with Crippen LogP contribution >= 0.6 is 0 Å². The highest BCUT2D eigenvalue weighted by atomic mass is 17.1. The molecule has 0 aliphatic carbocycles.